The predicted molar refractivity (Wildman–Crippen MR) is 83.5 cm³/mol. The zero-order chi connectivity index (χ0) is 13.8. The quantitative estimate of drug-likeness (QED) is 0.823. The molecule has 2 aromatic rings. The summed E-state index contributed by atoms with van der Waals surface area (Å²) in [7, 11) is 1.95. The summed E-state index contributed by atoms with van der Waals surface area (Å²) in [4.78, 5) is 4.48. The number of pyridine rings is 1. The molecule has 0 fully saturated rings. The van der Waals surface area contributed by atoms with Crippen LogP contribution in [0.25, 0.3) is 10.9 Å². The Bertz CT molecular complexity index is 584. The third-order valence-electron chi connectivity index (χ3n) is 2.88. The maximum Gasteiger partial charge on any atom is 0.0913 e. The van der Waals surface area contributed by atoms with Crippen LogP contribution in [0.5, 0.6) is 0 Å². The van der Waals surface area contributed by atoms with Crippen molar-refractivity contribution in [2.75, 3.05) is 25.5 Å². The molecule has 2 rings (SSSR count). The highest BCUT2D eigenvalue weighted by atomic mass is 35.5. The summed E-state index contributed by atoms with van der Waals surface area (Å²) in [6, 6.07) is 5.65. The largest absolute Gasteiger partial charge is 0.384 e. The Hall–Kier alpha value is -1.03. The molecule has 2 N–H and O–H groups in total. The van der Waals surface area contributed by atoms with E-state index in [1.54, 1.807) is 6.07 Å². The average Bonchev–Trinajstić information content (AvgIpc) is 2.36. The number of anilines is 1. The summed E-state index contributed by atoms with van der Waals surface area (Å²) in [5, 5.41) is 8.73. The molecule has 0 spiro atoms. The van der Waals surface area contributed by atoms with Crippen LogP contribution in [0.15, 0.2) is 18.2 Å². The zero-order valence-electron chi connectivity index (χ0n) is 11.1. The zero-order valence-corrected chi connectivity index (χ0v) is 12.6. The van der Waals surface area contributed by atoms with Gasteiger partial charge in [-0.1, -0.05) is 23.2 Å². The first-order chi connectivity index (χ1) is 9.11. The molecule has 0 radical (unpaired) electrons. The van der Waals surface area contributed by atoms with Gasteiger partial charge < -0.3 is 10.6 Å². The van der Waals surface area contributed by atoms with Crippen LogP contribution in [0.4, 0.5) is 5.69 Å². The summed E-state index contributed by atoms with van der Waals surface area (Å²) in [5.41, 5.74) is 2.76. The van der Waals surface area contributed by atoms with E-state index in [2.05, 4.69) is 15.6 Å². The lowest BCUT2D eigenvalue weighted by atomic mass is 10.1. The Balaban J connectivity index is 2.36. The SMILES string of the molecule is CNCCCNc1cc(C)nc2c(Cl)cc(Cl)cc12. The van der Waals surface area contributed by atoms with Gasteiger partial charge in [-0.25, -0.2) is 0 Å². The molecule has 19 heavy (non-hydrogen) atoms. The molecule has 0 amide bonds. The monoisotopic (exact) mass is 297 g/mol. The van der Waals surface area contributed by atoms with Gasteiger partial charge in [0.25, 0.3) is 0 Å². The van der Waals surface area contributed by atoms with Crippen LogP contribution < -0.4 is 10.6 Å². The van der Waals surface area contributed by atoms with Crippen molar-refractivity contribution in [1.82, 2.24) is 10.3 Å². The summed E-state index contributed by atoms with van der Waals surface area (Å²) >= 11 is 12.3. The molecular formula is C14H17Cl2N3. The first kappa shape index (κ1) is 14.4. The van der Waals surface area contributed by atoms with Crippen LogP contribution in [0.3, 0.4) is 0 Å². The van der Waals surface area contributed by atoms with Gasteiger partial charge in [0.15, 0.2) is 0 Å². The van der Waals surface area contributed by atoms with E-state index in [4.69, 9.17) is 23.2 Å². The molecule has 1 heterocycles. The molecule has 5 heteroatoms. The molecular weight excluding hydrogens is 281 g/mol. The van der Waals surface area contributed by atoms with E-state index in [9.17, 15) is 0 Å². The van der Waals surface area contributed by atoms with Gasteiger partial charge in [0.1, 0.15) is 0 Å². The molecule has 0 saturated carbocycles. The molecule has 1 aromatic heterocycles. The molecule has 0 aliphatic rings. The second-order valence-electron chi connectivity index (χ2n) is 4.48. The van der Waals surface area contributed by atoms with Crippen LogP contribution in [-0.2, 0) is 0 Å². The van der Waals surface area contributed by atoms with Gasteiger partial charge in [0.05, 0.1) is 10.5 Å². The lowest BCUT2D eigenvalue weighted by Crippen LogP contribution is -2.13. The van der Waals surface area contributed by atoms with E-state index in [-0.39, 0.29) is 0 Å². The van der Waals surface area contributed by atoms with Crippen LogP contribution in [0, 0.1) is 6.92 Å². The number of hydrogen-bond donors (Lipinski definition) is 2. The van der Waals surface area contributed by atoms with Gasteiger partial charge in [-0.15, -0.1) is 0 Å². The minimum atomic E-state index is 0.587. The lowest BCUT2D eigenvalue weighted by Gasteiger charge is -2.12. The van der Waals surface area contributed by atoms with E-state index < -0.39 is 0 Å². The molecule has 0 unspecified atom stereocenters. The van der Waals surface area contributed by atoms with Gasteiger partial charge >= 0.3 is 0 Å². The van der Waals surface area contributed by atoms with Gasteiger partial charge in [-0.05, 0) is 45.1 Å². The maximum absolute atomic E-state index is 6.21. The Morgan fingerprint density at radius 2 is 1.95 bits per heavy atom. The van der Waals surface area contributed by atoms with Crippen molar-refractivity contribution >= 4 is 39.8 Å². The number of benzene rings is 1. The Labute approximate surface area is 123 Å². The number of halogens is 2. The first-order valence-corrected chi connectivity index (χ1v) is 7.02. The number of hydrogen-bond acceptors (Lipinski definition) is 3. The van der Waals surface area contributed by atoms with Crippen molar-refractivity contribution in [2.24, 2.45) is 0 Å². The second-order valence-corrected chi connectivity index (χ2v) is 5.32. The Kier molecular flexibility index (Phi) is 4.86. The second kappa shape index (κ2) is 6.42. The Morgan fingerprint density at radius 1 is 1.16 bits per heavy atom. The summed E-state index contributed by atoms with van der Waals surface area (Å²) < 4.78 is 0. The van der Waals surface area contributed by atoms with E-state index in [1.807, 2.05) is 26.1 Å². The minimum Gasteiger partial charge on any atom is -0.384 e. The lowest BCUT2D eigenvalue weighted by molar-refractivity contribution is 0.748. The fraction of sp³-hybridized carbons (Fsp3) is 0.357. The van der Waals surface area contributed by atoms with Gasteiger partial charge in [-0.3, -0.25) is 4.98 Å². The fourth-order valence-electron chi connectivity index (χ4n) is 2.01. The topological polar surface area (TPSA) is 37.0 Å². The number of nitrogens with zero attached hydrogens (tertiary/aromatic N) is 1. The number of nitrogens with one attached hydrogen (secondary N) is 2. The number of aryl methyl sites for hydroxylation is 1. The van der Waals surface area contributed by atoms with E-state index in [1.165, 1.54) is 0 Å². The molecule has 0 saturated heterocycles. The highest BCUT2D eigenvalue weighted by Crippen LogP contribution is 2.31. The van der Waals surface area contributed by atoms with Gasteiger partial charge in [0, 0.05) is 28.3 Å². The standard InChI is InChI=1S/C14H17Cl2N3/c1-9-6-13(18-5-3-4-17-2)11-7-10(15)8-12(16)14(11)19-9/h6-8,17H,3-5H2,1-2H3,(H,18,19). The molecule has 102 valence electrons. The smallest absolute Gasteiger partial charge is 0.0913 e. The molecule has 3 nitrogen and oxygen atoms in total. The normalized spacial score (nSPS) is 10.9. The van der Waals surface area contributed by atoms with Crippen molar-refractivity contribution in [2.45, 2.75) is 13.3 Å². The Morgan fingerprint density at radius 3 is 2.68 bits per heavy atom. The van der Waals surface area contributed by atoms with Crippen LogP contribution in [0.1, 0.15) is 12.1 Å². The van der Waals surface area contributed by atoms with Crippen LogP contribution >= 0.6 is 23.2 Å². The van der Waals surface area contributed by atoms with Crippen LogP contribution in [-0.4, -0.2) is 25.1 Å². The highest BCUT2D eigenvalue weighted by molar-refractivity contribution is 6.38. The maximum atomic E-state index is 6.21. The third-order valence-corrected chi connectivity index (χ3v) is 3.39. The van der Waals surface area contributed by atoms with E-state index in [0.717, 1.165) is 41.8 Å². The first-order valence-electron chi connectivity index (χ1n) is 6.26. The predicted octanol–water partition coefficient (Wildman–Crippen LogP) is 3.87. The van der Waals surface area contributed by atoms with Gasteiger partial charge in [0.2, 0.25) is 0 Å². The van der Waals surface area contributed by atoms with E-state index in [0.29, 0.717) is 10.0 Å². The van der Waals surface area contributed by atoms with Crippen molar-refractivity contribution in [1.29, 1.82) is 0 Å². The van der Waals surface area contributed by atoms with Crippen molar-refractivity contribution in [3.05, 3.63) is 33.9 Å². The average molecular weight is 298 g/mol. The van der Waals surface area contributed by atoms with Crippen molar-refractivity contribution in [3.8, 4) is 0 Å². The molecule has 0 atom stereocenters. The summed E-state index contributed by atoms with van der Waals surface area (Å²) in [6.45, 7) is 3.84. The van der Waals surface area contributed by atoms with Crippen molar-refractivity contribution in [3.63, 3.8) is 0 Å². The minimum absolute atomic E-state index is 0.587. The number of fused-ring (bicyclic) bond motifs is 1. The van der Waals surface area contributed by atoms with Crippen molar-refractivity contribution < 1.29 is 0 Å². The molecule has 0 bridgehead atoms. The van der Waals surface area contributed by atoms with Crippen LogP contribution in [0.2, 0.25) is 10.0 Å². The van der Waals surface area contributed by atoms with Gasteiger partial charge in [-0.2, -0.15) is 0 Å². The highest BCUT2D eigenvalue weighted by Gasteiger charge is 2.08. The molecule has 0 aliphatic carbocycles. The molecule has 0 aliphatic heterocycles. The number of aromatic nitrogens is 1. The third kappa shape index (κ3) is 3.50. The number of rotatable bonds is 5. The fourth-order valence-corrected chi connectivity index (χ4v) is 2.55. The summed E-state index contributed by atoms with van der Waals surface area (Å²) in [6.07, 6.45) is 1.05. The summed E-state index contributed by atoms with van der Waals surface area (Å²) in [5.74, 6) is 0. The van der Waals surface area contributed by atoms with E-state index >= 15 is 0 Å². The molecule has 1 aromatic carbocycles.